The molecule has 28 nitrogen and oxygen atoms in total. The first-order valence-electron chi connectivity index (χ1n) is 18.9. The van der Waals surface area contributed by atoms with Crippen molar-refractivity contribution in [1.29, 1.82) is 0 Å². The molecular weight excluding hydrogens is 1060 g/mol. The minimum Gasteiger partial charge on any atom is -0.505 e. The maximum absolute atomic E-state index is 13.3. The number of aromatic hydroxyl groups is 1. The number of hydrogen-bond donors (Lipinski definition) is 9. The first-order chi connectivity index (χ1) is 33.4. The number of nitrogens with one attached hydrogen (secondary N) is 1. The summed E-state index contributed by atoms with van der Waals surface area (Å²) in [6.45, 7) is 1.24. The lowest BCUT2D eigenvalue weighted by Gasteiger charge is -2.14. The molecule has 0 atom stereocenters. The second kappa shape index (κ2) is 22.3. The summed E-state index contributed by atoms with van der Waals surface area (Å²) in [5.41, 5.74) is 18.0. The molecule has 0 aliphatic heterocycles. The van der Waals surface area contributed by atoms with Gasteiger partial charge in [-0.15, -0.1) is 29.1 Å². The van der Waals surface area contributed by atoms with E-state index in [-0.39, 0.29) is 50.9 Å². The van der Waals surface area contributed by atoms with Gasteiger partial charge in [0.15, 0.2) is 27.9 Å². The van der Waals surface area contributed by atoms with Crippen molar-refractivity contribution in [3.05, 3.63) is 96.6 Å². The molecule has 0 heterocycles. The smallest absolute Gasteiger partial charge is 0.296 e. The summed E-state index contributed by atoms with van der Waals surface area (Å²) >= 11 is 0.268. The Morgan fingerprint density at radius 2 is 1.23 bits per heavy atom. The molecule has 0 saturated heterocycles. The number of azo groups is 3. The van der Waals surface area contributed by atoms with Crippen LogP contribution in [0.1, 0.15) is 5.56 Å². The standard InChI is InChI=1S/C37H34N10O18S6/c1-19-14-29(27(39)18-26(19)38)44-41-21-2-4-23(5-3-21)47-69(53,54)24-8-6-22(7-9-24)42-46-36-32(71(58,59)60)16-20-15-30(66-64-62-49)35(34(40)33(20)37(36)48)45-43-28-11-10-25(17-31(28)70(55,56)57)68(51,52)13-12-61-67-65-63-50/h2-11,14-18,47-50H,12-13,38-40H2,1H3,(H,55,56,57)(H,58,59,60)/b44-41+,45-43+,46-42+. The van der Waals surface area contributed by atoms with Gasteiger partial charge in [0.25, 0.3) is 30.3 Å². The maximum atomic E-state index is 13.3. The number of fused-ring (bicyclic) bond motifs is 1. The number of anilines is 4. The van der Waals surface area contributed by atoms with Gasteiger partial charge < -0.3 is 22.3 Å². The van der Waals surface area contributed by atoms with Gasteiger partial charge in [-0.05, 0) is 109 Å². The first kappa shape index (κ1) is 53.9. The number of sulfonamides is 1. The summed E-state index contributed by atoms with van der Waals surface area (Å²) in [4.78, 5) is -3.22. The number of aryl methyl sites for hydroxylation is 1. The van der Waals surface area contributed by atoms with Crippen molar-refractivity contribution in [2.45, 2.75) is 31.4 Å². The highest BCUT2D eigenvalue weighted by Crippen LogP contribution is 2.50. The molecule has 0 aliphatic rings. The van der Waals surface area contributed by atoms with E-state index in [0.29, 0.717) is 28.8 Å². The van der Waals surface area contributed by atoms with E-state index in [4.69, 9.17) is 31.9 Å². The Kier molecular flexibility index (Phi) is 16.9. The Bertz CT molecular complexity index is 3550. The molecule has 71 heavy (non-hydrogen) atoms. The number of hydrogen-bond acceptors (Lipinski definition) is 27. The molecule has 0 spiro atoms. The molecule has 0 aromatic heterocycles. The third kappa shape index (κ3) is 13.3. The van der Waals surface area contributed by atoms with Gasteiger partial charge in [-0.3, -0.25) is 18.0 Å². The lowest BCUT2D eigenvalue weighted by Crippen LogP contribution is -2.12. The van der Waals surface area contributed by atoms with E-state index < -0.39 is 101 Å². The largest absolute Gasteiger partial charge is 0.505 e. The molecule has 6 aromatic rings. The molecule has 376 valence electrons. The summed E-state index contributed by atoms with van der Waals surface area (Å²) in [7, 11) is -19.0. The fourth-order valence-electron chi connectivity index (χ4n) is 5.97. The molecule has 0 unspecified atom stereocenters. The molecule has 0 radical (unpaired) electrons. The SMILES string of the molecule is Cc1cc(/N=N/c2ccc(NS(=O)(=O)c3ccc(/N=N/c4c(S(=O)(=O)O)cc5cc(SOOO)c(/N=N/c6ccc(S(=O)(=O)CCOSOOO)cc6S(=O)(=O)O)c(N)c5c4O)cc3)cc2)c(N)cc1N. The average Bonchev–Trinajstić information content (AvgIpc) is 3.30. The van der Waals surface area contributed by atoms with Crippen LogP contribution in [-0.4, -0.2) is 70.8 Å². The van der Waals surface area contributed by atoms with Crippen LogP contribution in [0.2, 0.25) is 0 Å². The molecule has 34 heteroatoms. The zero-order valence-corrected chi connectivity index (χ0v) is 40.4. The quantitative estimate of drug-likeness (QED) is 0.00621. The van der Waals surface area contributed by atoms with Gasteiger partial charge in [0, 0.05) is 11.4 Å². The van der Waals surface area contributed by atoms with Crippen LogP contribution < -0.4 is 21.9 Å². The van der Waals surface area contributed by atoms with E-state index in [9.17, 15) is 47.9 Å². The van der Waals surface area contributed by atoms with Crippen LogP contribution >= 0.6 is 24.4 Å². The predicted molar refractivity (Wildman–Crippen MR) is 253 cm³/mol. The summed E-state index contributed by atoms with van der Waals surface area (Å²) in [5, 5.41) is 58.4. The molecule has 0 fully saturated rings. The average molecular weight is 1100 g/mol. The van der Waals surface area contributed by atoms with Crippen molar-refractivity contribution in [3.63, 3.8) is 0 Å². The molecule has 6 rings (SSSR count). The van der Waals surface area contributed by atoms with E-state index in [2.05, 4.69) is 54.2 Å². The van der Waals surface area contributed by atoms with Crippen LogP contribution in [0.4, 0.5) is 56.9 Å². The Labute approximate surface area is 410 Å². The van der Waals surface area contributed by atoms with E-state index >= 15 is 0 Å². The monoisotopic (exact) mass is 1100 g/mol. The van der Waals surface area contributed by atoms with Crippen LogP contribution in [0.3, 0.4) is 0 Å². The molecule has 0 aliphatic carbocycles. The number of benzene rings is 6. The predicted octanol–water partition coefficient (Wildman–Crippen LogP) is 8.34. The second-order valence-corrected chi connectivity index (χ2v) is 21.8. The van der Waals surface area contributed by atoms with Crippen LogP contribution in [0.25, 0.3) is 10.8 Å². The third-order valence-electron chi connectivity index (χ3n) is 9.33. The van der Waals surface area contributed by atoms with Gasteiger partial charge in [0.1, 0.15) is 32.5 Å². The Hall–Kier alpha value is -6.48. The zero-order chi connectivity index (χ0) is 51.9. The number of rotatable bonds is 21. The number of nitrogens with zero attached hydrogens (tertiary/aromatic N) is 6. The van der Waals surface area contributed by atoms with Crippen molar-refractivity contribution in [2.24, 2.45) is 30.7 Å². The van der Waals surface area contributed by atoms with Gasteiger partial charge in [-0.2, -0.15) is 27.1 Å². The third-order valence-corrected chi connectivity index (χ3v) is 15.2. The number of nitrogens with two attached hydrogens (primary N) is 3. The van der Waals surface area contributed by atoms with E-state index in [1.165, 1.54) is 36.4 Å². The number of phenolic OH excluding ortho intramolecular Hbond substituents is 1. The second-order valence-electron chi connectivity index (χ2n) is 14.0. The van der Waals surface area contributed by atoms with Gasteiger partial charge >= 0.3 is 0 Å². The topological polar surface area (TPSA) is 448 Å². The van der Waals surface area contributed by atoms with E-state index in [1.54, 1.807) is 19.1 Å². The minimum atomic E-state index is -5.24. The molecule has 0 amide bonds. The molecule has 0 saturated carbocycles. The van der Waals surface area contributed by atoms with E-state index in [1.807, 2.05) is 0 Å². The Morgan fingerprint density at radius 1 is 0.634 bits per heavy atom. The van der Waals surface area contributed by atoms with Gasteiger partial charge in [-0.25, -0.2) is 27.4 Å². The lowest BCUT2D eigenvalue weighted by molar-refractivity contribution is -0.434. The Morgan fingerprint density at radius 3 is 1.86 bits per heavy atom. The maximum Gasteiger partial charge on any atom is 0.296 e. The van der Waals surface area contributed by atoms with Crippen molar-refractivity contribution in [3.8, 4) is 5.75 Å². The van der Waals surface area contributed by atoms with Crippen molar-refractivity contribution < 1.29 is 81.3 Å². The van der Waals surface area contributed by atoms with Crippen LogP contribution in [-0.2, 0) is 63.0 Å². The van der Waals surface area contributed by atoms with Crippen LogP contribution in [0.15, 0.2) is 146 Å². The highest BCUT2D eigenvalue weighted by atomic mass is 32.2. The van der Waals surface area contributed by atoms with E-state index in [0.717, 1.165) is 42.0 Å². The number of sulfone groups is 1. The van der Waals surface area contributed by atoms with Gasteiger partial charge in [-0.1, -0.05) is 10.1 Å². The van der Waals surface area contributed by atoms with Crippen LogP contribution in [0, 0.1) is 6.92 Å². The molecule has 6 aromatic carbocycles. The fraction of sp³-hybridized carbons (Fsp3) is 0.0811. The summed E-state index contributed by atoms with van der Waals surface area (Å²) < 4.78 is 138. The molecule has 0 bridgehead atoms. The lowest BCUT2D eigenvalue weighted by atomic mass is 10.1. The molecular formula is C37H34N10O18S6. The Balaban J connectivity index is 1.30. The highest BCUT2D eigenvalue weighted by Gasteiger charge is 2.27. The molecule has 12 N–H and O–H groups in total. The van der Waals surface area contributed by atoms with Crippen molar-refractivity contribution in [2.75, 3.05) is 34.3 Å². The van der Waals surface area contributed by atoms with Crippen molar-refractivity contribution >= 4 is 132 Å². The summed E-state index contributed by atoms with van der Waals surface area (Å²) in [6.07, 6.45) is 0. The summed E-state index contributed by atoms with van der Waals surface area (Å²) in [6, 6.07) is 17.9. The first-order valence-corrected chi connectivity index (χ1v) is 26.3. The summed E-state index contributed by atoms with van der Waals surface area (Å²) in [5.74, 6) is -1.78. The zero-order valence-electron chi connectivity index (χ0n) is 35.5. The van der Waals surface area contributed by atoms with Gasteiger partial charge in [0.2, 0.25) is 0 Å². The minimum absolute atomic E-state index is 0.0865. The normalized spacial score (nSPS) is 12.7. The highest BCUT2D eigenvalue weighted by molar-refractivity contribution is 7.94. The van der Waals surface area contributed by atoms with Gasteiger partial charge in [0.05, 0.1) is 67.2 Å². The number of phenols is 1. The number of nitrogen functional groups attached to an aromatic ring is 3. The fourth-order valence-corrected chi connectivity index (χ4v) is 10.3. The van der Waals surface area contributed by atoms with Crippen LogP contribution in [0.5, 0.6) is 5.75 Å². The van der Waals surface area contributed by atoms with Crippen molar-refractivity contribution in [1.82, 2.24) is 0 Å².